The van der Waals surface area contributed by atoms with E-state index in [0.29, 0.717) is 26.2 Å². The van der Waals surface area contributed by atoms with Crippen molar-refractivity contribution >= 4 is 27.7 Å². The van der Waals surface area contributed by atoms with Crippen molar-refractivity contribution in [1.82, 2.24) is 14.4 Å². The molecule has 28 heavy (non-hydrogen) atoms. The highest BCUT2D eigenvalue weighted by Gasteiger charge is 2.23. The lowest BCUT2D eigenvalue weighted by molar-refractivity contribution is -0.137. The van der Waals surface area contributed by atoms with Crippen molar-refractivity contribution in [2.75, 3.05) is 46.4 Å². The Bertz CT molecular complexity index is 907. The second kappa shape index (κ2) is 8.31. The molecule has 4 rings (SSSR count). The molecule has 0 bridgehead atoms. The Morgan fingerprint density at radius 3 is 2.11 bits per heavy atom. The molecule has 0 unspecified atom stereocenters. The summed E-state index contributed by atoms with van der Waals surface area (Å²) >= 11 is 0. The molecule has 0 aliphatic carbocycles. The third kappa shape index (κ3) is 3.76. The van der Waals surface area contributed by atoms with Crippen LogP contribution in [0.25, 0.3) is 21.8 Å². The van der Waals surface area contributed by atoms with Crippen molar-refractivity contribution in [1.29, 1.82) is 0 Å². The van der Waals surface area contributed by atoms with Gasteiger partial charge in [0.25, 0.3) is 0 Å². The van der Waals surface area contributed by atoms with Crippen LogP contribution in [-0.2, 0) is 16.1 Å². The average Bonchev–Trinajstić information content (AvgIpc) is 3.03. The topological polar surface area (TPSA) is 57.9 Å². The second-order valence-corrected chi connectivity index (χ2v) is 7.41. The quantitative estimate of drug-likeness (QED) is 0.709. The van der Waals surface area contributed by atoms with Crippen LogP contribution in [-0.4, -0.2) is 77.9 Å². The molecule has 2 aromatic carbocycles. The number of benzene rings is 2. The van der Waals surface area contributed by atoms with Crippen LogP contribution in [0.5, 0.6) is 0 Å². The first-order chi connectivity index (χ1) is 13.7. The lowest BCUT2D eigenvalue weighted by atomic mass is 10.2. The maximum absolute atomic E-state index is 11.9. The van der Waals surface area contributed by atoms with Crippen molar-refractivity contribution in [2.45, 2.75) is 12.6 Å². The van der Waals surface area contributed by atoms with Crippen LogP contribution < -0.4 is 0 Å². The van der Waals surface area contributed by atoms with Crippen LogP contribution in [0.15, 0.2) is 48.5 Å². The molecular weight excluding hydrogens is 354 g/mol. The summed E-state index contributed by atoms with van der Waals surface area (Å²) in [7, 11) is 1.54. The number of β-amino-alcohol motifs (C(OH)–C–C–N with tert-alkyl or cyclic N) is 1. The number of piperazine rings is 1. The molecule has 0 spiro atoms. The number of para-hydroxylation sites is 2. The van der Waals surface area contributed by atoms with E-state index in [-0.39, 0.29) is 12.5 Å². The zero-order valence-corrected chi connectivity index (χ0v) is 16.3. The van der Waals surface area contributed by atoms with E-state index in [1.165, 1.54) is 10.8 Å². The third-order valence-corrected chi connectivity index (χ3v) is 5.53. The number of aromatic nitrogens is 1. The summed E-state index contributed by atoms with van der Waals surface area (Å²) in [6.45, 7) is 4.22. The van der Waals surface area contributed by atoms with Gasteiger partial charge < -0.3 is 19.3 Å². The number of aliphatic hydroxyl groups excluding tert-OH is 1. The normalized spacial score (nSPS) is 16.7. The lowest BCUT2D eigenvalue weighted by Gasteiger charge is -2.35. The molecule has 1 aromatic heterocycles. The minimum absolute atomic E-state index is 0.0352. The van der Waals surface area contributed by atoms with Crippen molar-refractivity contribution in [3.05, 3.63) is 48.5 Å². The Hall–Kier alpha value is -2.41. The fourth-order valence-electron chi connectivity index (χ4n) is 4.16. The molecule has 2 heterocycles. The van der Waals surface area contributed by atoms with Crippen molar-refractivity contribution in [3.8, 4) is 0 Å². The van der Waals surface area contributed by atoms with Crippen LogP contribution in [0.3, 0.4) is 0 Å². The van der Waals surface area contributed by atoms with Gasteiger partial charge in [-0.05, 0) is 12.1 Å². The highest BCUT2D eigenvalue weighted by molar-refractivity contribution is 6.07. The molecule has 1 fully saturated rings. The first-order valence-electron chi connectivity index (χ1n) is 9.80. The molecule has 1 aliphatic rings. The number of ether oxygens (including phenoxy) is 1. The highest BCUT2D eigenvalue weighted by atomic mass is 16.5. The number of fused-ring (bicyclic) bond motifs is 3. The SMILES string of the molecule is COCC(=O)N1CCN(C[C@@H](O)Cn2c3ccccc3c3ccccc32)CC1. The fraction of sp³-hybridized carbons (Fsp3) is 0.409. The minimum Gasteiger partial charge on any atom is -0.390 e. The Labute approximate surface area is 164 Å². The second-order valence-electron chi connectivity index (χ2n) is 7.41. The molecule has 1 amide bonds. The number of aliphatic hydroxyl groups is 1. The maximum Gasteiger partial charge on any atom is 0.248 e. The largest absolute Gasteiger partial charge is 0.390 e. The van der Waals surface area contributed by atoms with Crippen LogP contribution in [0.2, 0.25) is 0 Å². The highest BCUT2D eigenvalue weighted by Crippen LogP contribution is 2.28. The van der Waals surface area contributed by atoms with Gasteiger partial charge in [-0.25, -0.2) is 0 Å². The molecule has 1 saturated heterocycles. The molecule has 1 atom stereocenters. The summed E-state index contributed by atoms with van der Waals surface area (Å²) in [6.07, 6.45) is -0.472. The minimum atomic E-state index is -0.472. The predicted octanol–water partition coefficient (Wildman–Crippen LogP) is 1.95. The standard InChI is InChI=1S/C22H27N3O3/c1-28-16-22(27)24-12-10-23(11-13-24)14-17(26)15-25-20-8-4-2-6-18(20)19-7-3-5-9-21(19)25/h2-9,17,26H,10-16H2,1H3/t17-/m1/s1. The Morgan fingerprint density at radius 1 is 0.964 bits per heavy atom. The molecular formula is C22H27N3O3. The van der Waals surface area contributed by atoms with Gasteiger partial charge in [0.05, 0.1) is 12.6 Å². The Balaban J connectivity index is 1.43. The summed E-state index contributed by atoms with van der Waals surface area (Å²) in [4.78, 5) is 16.0. The zero-order valence-electron chi connectivity index (χ0n) is 16.3. The lowest BCUT2D eigenvalue weighted by Crippen LogP contribution is -2.51. The van der Waals surface area contributed by atoms with E-state index in [1.54, 1.807) is 7.11 Å². The number of carbonyl (C=O) groups is 1. The van der Waals surface area contributed by atoms with E-state index < -0.39 is 6.10 Å². The number of hydrogen-bond donors (Lipinski definition) is 1. The van der Waals surface area contributed by atoms with Crippen LogP contribution >= 0.6 is 0 Å². The van der Waals surface area contributed by atoms with Gasteiger partial charge in [-0.1, -0.05) is 36.4 Å². The number of methoxy groups -OCH3 is 1. The summed E-state index contributed by atoms with van der Waals surface area (Å²) in [6, 6.07) is 16.7. The van der Waals surface area contributed by atoms with Crippen molar-refractivity contribution < 1.29 is 14.6 Å². The van der Waals surface area contributed by atoms with Gasteiger partial charge in [-0.15, -0.1) is 0 Å². The molecule has 1 N–H and O–H groups in total. The van der Waals surface area contributed by atoms with Crippen LogP contribution in [0.1, 0.15) is 0 Å². The number of hydrogen-bond acceptors (Lipinski definition) is 4. The van der Waals surface area contributed by atoms with E-state index in [9.17, 15) is 9.90 Å². The number of amides is 1. The van der Waals surface area contributed by atoms with Gasteiger partial charge in [-0.3, -0.25) is 9.69 Å². The van der Waals surface area contributed by atoms with Gasteiger partial charge in [0, 0.05) is 61.6 Å². The first-order valence-corrected chi connectivity index (χ1v) is 9.80. The summed E-state index contributed by atoms with van der Waals surface area (Å²) in [5.74, 6) is 0.0352. The smallest absolute Gasteiger partial charge is 0.248 e. The molecule has 6 nitrogen and oxygen atoms in total. The van der Waals surface area contributed by atoms with Gasteiger partial charge >= 0.3 is 0 Å². The van der Waals surface area contributed by atoms with E-state index in [2.05, 4.69) is 45.9 Å². The van der Waals surface area contributed by atoms with Crippen LogP contribution in [0, 0.1) is 0 Å². The first kappa shape index (κ1) is 18.9. The average molecular weight is 381 g/mol. The van der Waals surface area contributed by atoms with Gasteiger partial charge in [0.15, 0.2) is 0 Å². The monoisotopic (exact) mass is 381 g/mol. The maximum atomic E-state index is 11.9. The van der Waals surface area contributed by atoms with Gasteiger partial charge in [-0.2, -0.15) is 0 Å². The number of nitrogens with zero attached hydrogens (tertiary/aromatic N) is 3. The van der Waals surface area contributed by atoms with Gasteiger partial charge in [0.2, 0.25) is 5.91 Å². The predicted molar refractivity (Wildman–Crippen MR) is 110 cm³/mol. The van der Waals surface area contributed by atoms with E-state index in [4.69, 9.17) is 4.74 Å². The van der Waals surface area contributed by atoms with Gasteiger partial charge in [0.1, 0.15) is 6.61 Å². The number of rotatable bonds is 6. The van der Waals surface area contributed by atoms with E-state index >= 15 is 0 Å². The fourth-order valence-corrected chi connectivity index (χ4v) is 4.16. The molecule has 148 valence electrons. The summed E-state index contributed by atoms with van der Waals surface area (Å²) < 4.78 is 7.15. The summed E-state index contributed by atoms with van der Waals surface area (Å²) in [5.41, 5.74) is 2.30. The summed E-state index contributed by atoms with van der Waals surface area (Å²) in [5, 5.41) is 13.2. The van der Waals surface area contributed by atoms with Crippen molar-refractivity contribution in [2.24, 2.45) is 0 Å². The Morgan fingerprint density at radius 2 is 1.54 bits per heavy atom. The van der Waals surface area contributed by atoms with E-state index in [0.717, 1.165) is 24.1 Å². The molecule has 0 radical (unpaired) electrons. The van der Waals surface area contributed by atoms with Crippen molar-refractivity contribution in [3.63, 3.8) is 0 Å². The zero-order chi connectivity index (χ0) is 19.5. The molecule has 6 heteroatoms. The van der Waals surface area contributed by atoms with Crippen LogP contribution in [0.4, 0.5) is 0 Å². The molecule has 0 saturated carbocycles. The molecule has 1 aliphatic heterocycles. The third-order valence-electron chi connectivity index (χ3n) is 5.53. The number of carbonyl (C=O) groups excluding carboxylic acids is 1. The van der Waals surface area contributed by atoms with E-state index in [1.807, 2.05) is 17.0 Å². The Kier molecular flexibility index (Phi) is 5.62. The molecule has 3 aromatic rings.